The standard InChI is InChI=1S/C10H12ClFN2O/c1-6(13-2)10(15)14-9-7(11)4-3-5-8(9)12/h3-6,13H,1-2H3,(H,14,15). The summed E-state index contributed by atoms with van der Waals surface area (Å²) in [5.74, 6) is -0.872. The number of anilines is 1. The van der Waals surface area contributed by atoms with Gasteiger partial charge in [-0.3, -0.25) is 4.79 Å². The quantitative estimate of drug-likeness (QED) is 0.834. The zero-order valence-electron chi connectivity index (χ0n) is 8.47. The molecule has 1 rings (SSSR count). The third-order valence-corrected chi connectivity index (χ3v) is 2.35. The van der Waals surface area contributed by atoms with E-state index in [1.807, 2.05) is 0 Å². The molecule has 0 saturated heterocycles. The Bertz CT molecular complexity index is 350. The van der Waals surface area contributed by atoms with E-state index in [0.717, 1.165) is 0 Å². The van der Waals surface area contributed by atoms with Crippen LogP contribution in [0.3, 0.4) is 0 Å². The molecule has 0 aliphatic heterocycles. The van der Waals surface area contributed by atoms with Gasteiger partial charge in [-0.05, 0) is 26.1 Å². The predicted molar refractivity (Wildman–Crippen MR) is 58.6 cm³/mol. The molecular formula is C10H12ClFN2O. The van der Waals surface area contributed by atoms with Crippen LogP contribution in [0.15, 0.2) is 18.2 Å². The van der Waals surface area contributed by atoms with Gasteiger partial charge in [-0.1, -0.05) is 17.7 Å². The summed E-state index contributed by atoms with van der Waals surface area (Å²) >= 11 is 5.75. The van der Waals surface area contributed by atoms with E-state index in [1.165, 1.54) is 18.2 Å². The Hall–Kier alpha value is -1.13. The Morgan fingerprint density at radius 2 is 2.20 bits per heavy atom. The number of benzene rings is 1. The maximum Gasteiger partial charge on any atom is 0.241 e. The van der Waals surface area contributed by atoms with E-state index in [2.05, 4.69) is 10.6 Å². The van der Waals surface area contributed by atoms with Gasteiger partial charge in [0, 0.05) is 0 Å². The van der Waals surface area contributed by atoms with Crippen molar-refractivity contribution in [1.82, 2.24) is 5.32 Å². The van der Waals surface area contributed by atoms with Gasteiger partial charge < -0.3 is 10.6 Å². The summed E-state index contributed by atoms with van der Waals surface area (Å²) in [5, 5.41) is 5.35. The van der Waals surface area contributed by atoms with E-state index in [9.17, 15) is 9.18 Å². The third kappa shape index (κ3) is 2.91. The molecule has 5 heteroatoms. The molecule has 1 amide bonds. The molecule has 3 nitrogen and oxygen atoms in total. The molecule has 1 aromatic rings. The Morgan fingerprint density at radius 3 is 2.73 bits per heavy atom. The molecule has 0 fully saturated rings. The molecule has 0 spiro atoms. The lowest BCUT2D eigenvalue weighted by molar-refractivity contribution is -0.117. The van der Waals surface area contributed by atoms with Gasteiger partial charge in [-0.25, -0.2) is 4.39 Å². The second-order valence-corrected chi connectivity index (χ2v) is 3.50. The number of halogens is 2. The molecule has 1 atom stereocenters. The molecule has 0 bridgehead atoms. The number of carbonyl (C=O) groups excluding carboxylic acids is 1. The van der Waals surface area contributed by atoms with E-state index >= 15 is 0 Å². The summed E-state index contributed by atoms with van der Waals surface area (Å²) in [5.41, 5.74) is 0.0197. The van der Waals surface area contributed by atoms with Gasteiger partial charge in [0.15, 0.2) is 0 Å². The highest BCUT2D eigenvalue weighted by atomic mass is 35.5. The van der Waals surface area contributed by atoms with Crippen molar-refractivity contribution in [1.29, 1.82) is 0 Å². The van der Waals surface area contributed by atoms with Crippen molar-refractivity contribution in [3.05, 3.63) is 29.0 Å². The van der Waals surface area contributed by atoms with Crippen molar-refractivity contribution in [2.24, 2.45) is 0 Å². The van der Waals surface area contributed by atoms with Gasteiger partial charge in [-0.15, -0.1) is 0 Å². The Labute approximate surface area is 92.6 Å². The molecule has 0 aliphatic carbocycles. The van der Waals surface area contributed by atoms with E-state index in [0.29, 0.717) is 0 Å². The minimum Gasteiger partial charge on any atom is -0.321 e. The van der Waals surface area contributed by atoms with E-state index in [-0.39, 0.29) is 16.6 Å². The number of likely N-dealkylation sites (N-methyl/N-ethyl adjacent to an activating group) is 1. The molecule has 0 saturated carbocycles. The van der Waals surface area contributed by atoms with Crippen LogP contribution >= 0.6 is 11.6 Å². The number of nitrogens with one attached hydrogen (secondary N) is 2. The summed E-state index contributed by atoms with van der Waals surface area (Å²) in [7, 11) is 1.65. The lowest BCUT2D eigenvalue weighted by Gasteiger charge is -2.12. The van der Waals surface area contributed by atoms with Gasteiger partial charge in [-0.2, -0.15) is 0 Å². The SMILES string of the molecule is CNC(C)C(=O)Nc1c(F)cccc1Cl. The molecule has 1 unspecified atom stereocenters. The van der Waals surface area contributed by atoms with Gasteiger partial charge in [0.05, 0.1) is 16.8 Å². The Morgan fingerprint density at radius 1 is 1.53 bits per heavy atom. The van der Waals surface area contributed by atoms with Crippen LogP contribution in [0.1, 0.15) is 6.92 Å². The van der Waals surface area contributed by atoms with Crippen LogP contribution in [-0.2, 0) is 4.79 Å². The van der Waals surface area contributed by atoms with Crippen LogP contribution in [0.5, 0.6) is 0 Å². The number of rotatable bonds is 3. The highest BCUT2D eigenvalue weighted by molar-refractivity contribution is 6.33. The lowest BCUT2D eigenvalue weighted by atomic mass is 10.2. The Kier molecular flexibility index (Phi) is 4.05. The second kappa shape index (κ2) is 5.09. The van der Waals surface area contributed by atoms with Crippen LogP contribution < -0.4 is 10.6 Å². The maximum absolute atomic E-state index is 13.3. The van der Waals surface area contributed by atoms with Gasteiger partial charge in [0.2, 0.25) is 5.91 Å². The smallest absolute Gasteiger partial charge is 0.241 e. The van der Waals surface area contributed by atoms with Crippen molar-refractivity contribution in [3.63, 3.8) is 0 Å². The highest BCUT2D eigenvalue weighted by Gasteiger charge is 2.14. The van der Waals surface area contributed by atoms with Crippen LogP contribution in [0.2, 0.25) is 5.02 Å². The molecule has 0 radical (unpaired) electrons. The van der Waals surface area contributed by atoms with Crippen molar-refractivity contribution in [2.75, 3.05) is 12.4 Å². The fourth-order valence-electron chi connectivity index (χ4n) is 0.980. The number of hydrogen-bond donors (Lipinski definition) is 2. The number of para-hydroxylation sites is 1. The topological polar surface area (TPSA) is 41.1 Å². The number of carbonyl (C=O) groups is 1. The van der Waals surface area contributed by atoms with E-state index in [4.69, 9.17) is 11.6 Å². The lowest BCUT2D eigenvalue weighted by Crippen LogP contribution is -2.35. The second-order valence-electron chi connectivity index (χ2n) is 3.10. The third-order valence-electron chi connectivity index (χ3n) is 2.04. The minimum atomic E-state index is -0.542. The average Bonchev–Trinajstić information content (AvgIpc) is 2.22. The zero-order valence-corrected chi connectivity index (χ0v) is 9.23. The van der Waals surface area contributed by atoms with Crippen LogP contribution in [0, 0.1) is 5.82 Å². The monoisotopic (exact) mass is 230 g/mol. The average molecular weight is 231 g/mol. The van der Waals surface area contributed by atoms with Gasteiger partial charge in [0.25, 0.3) is 0 Å². The molecule has 15 heavy (non-hydrogen) atoms. The molecule has 0 heterocycles. The van der Waals surface area contributed by atoms with Crippen LogP contribution in [0.4, 0.5) is 10.1 Å². The van der Waals surface area contributed by atoms with Crippen molar-refractivity contribution < 1.29 is 9.18 Å². The number of hydrogen-bond acceptors (Lipinski definition) is 2. The first-order chi connectivity index (χ1) is 7.06. The largest absolute Gasteiger partial charge is 0.321 e. The normalized spacial score (nSPS) is 12.3. The molecule has 1 aromatic carbocycles. The van der Waals surface area contributed by atoms with E-state index < -0.39 is 11.9 Å². The first kappa shape index (κ1) is 11.9. The zero-order chi connectivity index (χ0) is 11.4. The van der Waals surface area contributed by atoms with Crippen LogP contribution in [0.25, 0.3) is 0 Å². The first-order valence-corrected chi connectivity index (χ1v) is 4.86. The highest BCUT2D eigenvalue weighted by Crippen LogP contribution is 2.24. The summed E-state index contributed by atoms with van der Waals surface area (Å²) in [6.45, 7) is 1.67. The van der Waals surface area contributed by atoms with Crippen molar-refractivity contribution >= 4 is 23.2 Å². The first-order valence-electron chi connectivity index (χ1n) is 4.48. The molecular weight excluding hydrogens is 219 g/mol. The molecule has 0 aromatic heterocycles. The van der Waals surface area contributed by atoms with Crippen molar-refractivity contribution in [3.8, 4) is 0 Å². The molecule has 2 N–H and O–H groups in total. The summed E-state index contributed by atoms with van der Waals surface area (Å²) in [4.78, 5) is 11.4. The predicted octanol–water partition coefficient (Wildman–Crippen LogP) is 2.03. The minimum absolute atomic E-state index is 0.0197. The van der Waals surface area contributed by atoms with E-state index in [1.54, 1.807) is 14.0 Å². The van der Waals surface area contributed by atoms with Crippen LogP contribution in [-0.4, -0.2) is 19.0 Å². The fourth-order valence-corrected chi connectivity index (χ4v) is 1.19. The summed E-state index contributed by atoms with van der Waals surface area (Å²) < 4.78 is 13.3. The van der Waals surface area contributed by atoms with Gasteiger partial charge >= 0.3 is 0 Å². The molecule has 82 valence electrons. The summed E-state index contributed by atoms with van der Waals surface area (Å²) in [6, 6.07) is 3.84. The fraction of sp³-hybridized carbons (Fsp3) is 0.300. The Balaban J connectivity index is 2.85. The molecule has 0 aliphatic rings. The number of amides is 1. The maximum atomic E-state index is 13.3. The summed E-state index contributed by atoms with van der Waals surface area (Å²) in [6.07, 6.45) is 0. The van der Waals surface area contributed by atoms with Gasteiger partial charge in [0.1, 0.15) is 5.82 Å². The van der Waals surface area contributed by atoms with Crippen molar-refractivity contribution in [2.45, 2.75) is 13.0 Å².